The van der Waals surface area contributed by atoms with Crippen LogP contribution in [-0.2, 0) is 28.5 Å². The molecule has 0 radical (unpaired) electrons. The number of hydrogen-bond acceptors (Lipinski definition) is 11. The number of hydrogen-bond donors (Lipinski definition) is 6. The molecule has 9 atom stereocenters. The highest BCUT2D eigenvalue weighted by Gasteiger charge is 2.56. The summed E-state index contributed by atoms with van der Waals surface area (Å²) in [5.74, 6) is -3.46. The first-order valence-electron chi connectivity index (χ1n) is 11.8. The molecule has 0 spiro atoms. The molecule has 6 N–H and O–H groups in total. The minimum Gasteiger partial charge on any atom is -0.508 e. The number of esters is 1. The molecule has 1 aliphatic carbocycles. The van der Waals surface area contributed by atoms with E-state index in [9.17, 15) is 40.2 Å². The first kappa shape index (κ1) is 27.0. The van der Waals surface area contributed by atoms with E-state index in [1.54, 1.807) is 12.1 Å². The van der Waals surface area contributed by atoms with Crippen LogP contribution < -0.4 is 0 Å². The van der Waals surface area contributed by atoms with Crippen LogP contribution in [0.25, 0.3) is 6.08 Å². The van der Waals surface area contributed by atoms with Crippen molar-refractivity contribution in [3.05, 3.63) is 47.7 Å². The fourth-order valence-electron chi connectivity index (χ4n) is 5.04. The Bertz CT molecular complexity index is 1050. The average molecular weight is 523 g/mol. The van der Waals surface area contributed by atoms with Crippen molar-refractivity contribution in [1.82, 2.24) is 0 Å². The topological polar surface area (TPSA) is 192 Å². The quantitative estimate of drug-likeness (QED) is 0.206. The molecule has 0 amide bonds. The largest absolute Gasteiger partial charge is 0.508 e. The van der Waals surface area contributed by atoms with Gasteiger partial charge in [-0.15, -0.1) is 0 Å². The highest BCUT2D eigenvalue weighted by atomic mass is 16.8. The Balaban J connectivity index is 1.55. The highest BCUT2D eigenvalue weighted by molar-refractivity contribution is 5.87. The Morgan fingerprint density at radius 3 is 2.51 bits per heavy atom. The summed E-state index contributed by atoms with van der Waals surface area (Å²) >= 11 is 0. The normalized spacial score (nSPS) is 37.5. The Labute approximate surface area is 212 Å². The molecular weight excluding hydrogens is 492 g/mol. The number of fused-ring (bicyclic) bond motifs is 1. The zero-order valence-corrected chi connectivity index (χ0v) is 19.9. The molecule has 0 aromatic heterocycles. The third-order valence-electron chi connectivity index (χ3n) is 7.03. The van der Waals surface area contributed by atoms with Gasteiger partial charge in [-0.3, -0.25) is 0 Å². The van der Waals surface area contributed by atoms with Gasteiger partial charge in [-0.2, -0.15) is 0 Å². The highest BCUT2D eigenvalue weighted by Crippen LogP contribution is 2.49. The third kappa shape index (κ3) is 5.64. The molecule has 2 heterocycles. The molecule has 2 fully saturated rings. The Morgan fingerprint density at radius 2 is 1.86 bits per heavy atom. The number of aliphatic hydroxyl groups excluding tert-OH is 3. The van der Waals surface area contributed by atoms with Gasteiger partial charge >= 0.3 is 11.9 Å². The molecule has 1 saturated heterocycles. The van der Waals surface area contributed by atoms with Crippen LogP contribution in [0.1, 0.15) is 25.3 Å². The van der Waals surface area contributed by atoms with Crippen molar-refractivity contribution in [2.45, 2.75) is 62.4 Å². The van der Waals surface area contributed by atoms with E-state index in [-0.39, 0.29) is 17.7 Å². The van der Waals surface area contributed by atoms with Crippen LogP contribution >= 0.6 is 0 Å². The van der Waals surface area contributed by atoms with Crippen LogP contribution in [-0.4, -0.2) is 91.8 Å². The number of carboxylic acid groups (broad SMARTS) is 1. The van der Waals surface area contributed by atoms with Gasteiger partial charge in [0, 0.05) is 12.0 Å². The van der Waals surface area contributed by atoms with Gasteiger partial charge in [-0.05, 0) is 43.5 Å². The van der Waals surface area contributed by atoms with Crippen molar-refractivity contribution in [1.29, 1.82) is 0 Å². The van der Waals surface area contributed by atoms with Crippen molar-refractivity contribution in [2.75, 3.05) is 6.61 Å². The molecule has 1 aromatic rings. The number of phenolic OH excluding ortho intramolecular Hbond substituents is 1. The summed E-state index contributed by atoms with van der Waals surface area (Å²) < 4.78 is 22.3. The lowest BCUT2D eigenvalue weighted by Gasteiger charge is -2.44. The molecule has 2 aliphatic heterocycles. The molecule has 4 rings (SSSR count). The van der Waals surface area contributed by atoms with Crippen LogP contribution in [0.15, 0.2) is 42.2 Å². The molecule has 0 unspecified atom stereocenters. The molecule has 0 bridgehead atoms. The lowest BCUT2D eigenvalue weighted by molar-refractivity contribution is -0.346. The number of carbonyl (C=O) groups is 2. The molecule has 1 saturated carbocycles. The van der Waals surface area contributed by atoms with Crippen molar-refractivity contribution in [3.63, 3.8) is 0 Å². The van der Waals surface area contributed by atoms with Gasteiger partial charge in [-0.1, -0.05) is 12.1 Å². The van der Waals surface area contributed by atoms with Gasteiger partial charge < -0.3 is 49.6 Å². The zero-order chi connectivity index (χ0) is 26.9. The van der Waals surface area contributed by atoms with E-state index in [2.05, 4.69) is 0 Å². The van der Waals surface area contributed by atoms with Crippen molar-refractivity contribution >= 4 is 18.0 Å². The minimum atomic E-state index is -1.71. The standard InChI is InChI=1S/C25H30O12/c1-25(33)9-8-14-15(22(31)32)11-34-23(18(14)25)37-24-21(20(30)19(29)16(10-26)35-24)36-17(28)7-4-12-2-5-13(27)6-3-12/h2-7,11,14,16,18-21,23-24,26-27,29-30,33H,8-10H2,1H3,(H,31,32)/b7-4+/t14-,16-,18-,19-,20+,21-,23+,24+,25-/m1/s1. The summed E-state index contributed by atoms with van der Waals surface area (Å²) in [7, 11) is 0. The predicted molar refractivity (Wildman–Crippen MR) is 123 cm³/mol. The molecule has 202 valence electrons. The van der Waals surface area contributed by atoms with Gasteiger partial charge in [0.2, 0.25) is 12.6 Å². The zero-order valence-electron chi connectivity index (χ0n) is 19.9. The van der Waals surface area contributed by atoms with Crippen LogP contribution in [0.5, 0.6) is 5.75 Å². The molecule has 12 nitrogen and oxygen atoms in total. The number of ether oxygens (including phenoxy) is 4. The first-order valence-corrected chi connectivity index (χ1v) is 11.8. The van der Waals surface area contributed by atoms with E-state index in [1.165, 1.54) is 25.1 Å². The third-order valence-corrected chi connectivity index (χ3v) is 7.03. The fourth-order valence-corrected chi connectivity index (χ4v) is 5.04. The molecule has 37 heavy (non-hydrogen) atoms. The van der Waals surface area contributed by atoms with E-state index in [4.69, 9.17) is 18.9 Å². The van der Waals surface area contributed by atoms with Gasteiger partial charge in [0.1, 0.15) is 24.1 Å². The number of phenols is 1. The van der Waals surface area contributed by atoms with Crippen LogP contribution in [0.3, 0.4) is 0 Å². The number of carbonyl (C=O) groups excluding carboxylic acids is 1. The molecule has 1 aromatic carbocycles. The second kappa shape index (κ2) is 10.8. The van der Waals surface area contributed by atoms with Crippen molar-refractivity contribution in [2.24, 2.45) is 11.8 Å². The van der Waals surface area contributed by atoms with E-state index in [0.29, 0.717) is 12.0 Å². The summed E-state index contributed by atoms with van der Waals surface area (Å²) in [6.07, 6.45) is -4.80. The average Bonchev–Trinajstić information content (AvgIpc) is 3.18. The SMILES string of the molecule is C[C@@]1(O)CC[C@@H]2C(C(=O)O)=CO[C@@H](O[C@@H]3O[C@H](CO)[C@@H](O)[C@H](O)[C@H]3OC(=O)/C=C/c3ccc(O)cc3)[C@@H]21. The maximum Gasteiger partial charge on any atom is 0.334 e. The summed E-state index contributed by atoms with van der Waals surface area (Å²) in [6, 6.07) is 5.97. The Hall–Kier alpha value is -3.00. The maximum atomic E-state index is 12.5. The second-order valence-electron chi connectivity index (χ2n) is 9.58. The lowest BCUT2D eigenvalue weighted by Crippen LogP contribution is -2.61. The molecule has 3 aliphatic rings. The van der Waals surface area contributed by atoms with Crippen LogP contribution in [0, 0.1) is 11.8 Å². The second-order valence-corrected chi connectivity index (χ2v) is 9.58. The van der Waals surface area contributed by atoms with Crippen LogP contribution in [0.2, 0.25) is 0 Å². The number of rotatable bonds is 7. The van der Waals surface area contributed by atoms with Crippen molar-refractivity contribution < 1.29 is 59.2 Å². The van der Waals surface area contributed by atoms with Crippen LogP contribution in [0.4, 0.5) is 0 Å². The lowest BCUT2D eigenvalue weighted by atomic mass is 9.81. The van der Waals surface area contributed by atoms with Gasteiger partial charge in [0.25, 0.3) is 0 Å². The number of carboxylic acids is 1. The molecular formula is C25H30O12. The summed E-state index contributed by atoms with van der Waals surface area (Å²) in [4.78, 5) is 24.2. The summed E-state index contributed by atoms with van der Waals surface area (Å²) in [5, 5.41) is 60.4. The van der Waals surface area contributed by atoms with E-state index >= 15 is 0 Å². The monoisotopic (exact) mass is 522 g/mol. The maximum absolute atomic E-state index is 12.5. The van der Waals surface area contributed by atoms with E-state index < -0.39 is 73.0 Å². The number of aliphatic carboxylic acids is 1. The fraction of sp³-hybridized carbons (Fsp3) is 0.520. The first-order chi connectivity index (χ1) is 17.5. The summed E-state index contributed by atoms with van der Waals surface area (Å²) in [5.41, 5.74) is -0.792. The van der Waals surface area contributed by atoms with Gasteiger partial charge in [0.15, 0.2) is 6.10 Å². The van der Waals surface area contributed by atoms with Gasteiger partial charge in [0.05, 0.1) is 30.0 Å². The summed E-state index contributed by atoms with van der Waals surface area (Å²) in [6.45, 7) is 0.850. The number of aliphatic hydroxyl groups is 4. The molecule has 12 heteroatoms. The number of benzene rings is 1. The Morgan fingerprint density at radius 1 is 1.16 bits per heavy atom. The van der Waals surface area contributed by atoms with Gasteiger partial charge in [-0.25, -0.2) is 9.59 Å². The smallest absolute Gasteiger partial charge is 0.334 e. The van der Waals surface area contributed by atoms with E-state index in [1.807, 2.05) is 0 Å². The van der Waals surface area contributed by atoms with E-state index in [0.717, 1.165) is 12.3 Å². The minimum absolute atomic E-state index is 0.0155. The van der Waals surface area contributed by atoms with Crippen molar-refractivity contribution in [3.8, 4) is 5.75 Å². The predicted octanol–water partition coefficient (Wildman–Crippen LogP) is -0.125. The number of aromatic hydroxyl groups is 1. The Kier molecular flexibility index (Phi) is 7.88.